The number of hydrazone groups is 1. The van der Waals surface area contributed by atoms with Gasteiger partial charge in [-0.3, -0.25) is 10.4 Å². The van der Waals surface area contributed by atoms with Crippen LogP contribution in [0.5, 0.6) is 17.2 Å². The third-order valence-electron chi connectivity index (χ3n) is 5.90. The lowest BCUT2D eigenvalue weighted by molar-refractivity contribution is 0.474. The highest BCUT2D eigenvalue weighted by atomic mass is 127. The molecule has 0 radical (unpaired) electrons. The first-order valence-electron chi connectivity index (χ1n) is 10.6. The quantitative estimate of drug-likeness (QED) is 0.104. The van der Waals surface area contributed by atoms with Crippen LogP contribution >= 0.6 is 22.6 Å². The number of nitrogens with zero attached hydrogens (tertiary/aromatic N) is 2. The summed E-state index contributed by atoms with van der Waals surface area (Å²) in [5.41, 5.74) is 3.47. The minimum Gasteiger partial charge on any atom is -0.508 e. The molecule has 3 aromatic carbocycles. The van der Waals surface area contributed by atoms with Gasteiger partial charge in [0, 0.05) is 11.5 Å². The molecule has 0 atom stereocenters. The summed E-state index contributed by atoms with van der Waals surface area (Å²) in [5, 5.41) is 44.6. The number of alkyl halides is 1. The zero-order valence-electron chi connectivity index (χ0n) is 18.5. The summed E-state index contributed by atoms with van der Waals surface area (Å²) >= 11 is 2.34. The van der Waals surface area contributed by atoms with Gasteiger partial charge < -0.3 is 15.3 Å². The summed E-state index contributed by atoms with van der Waals surface area (Å²) in [6, 6.07) is 19.6. The molecule has 0 unspecified atom stereocenters. The maximum absolute atomic E-state index is 10.7. The SMILES string of the molecule is CN(/N=C1/C=CC=CC1=N)c1cc(C(CI)(c2ccc(O)cc2)c2ccc(O)cc2)ccc1O. The molecular weight excluding hydrogens is 541 g/mol. The lowest BCUT2D eigenvalue weighted by Gasteiger charge is -2.35. The number of benzene rings is 3. The van der Waals surface area contributed by atoms with E-state index in [1.807, 2.05) is 42.5 Å². The van der Waals surface area contributed by atoms with Gasteiger partial charge in [0.15, 0.2) is 0 Å². The number of phenols is 3. The van der Waals surface area contributed by atoms with Crippen LogP contribution in [0.25, 0.3) is 0 Å². The molecule has 172 valence electrons. The third-order valence-corrected chi connectivity index (χ3v) is 7.04. The Bertz CT molecular complexity index is 1250. The zero-order valence-corrected chi connectivity index (χ0v) is 20.6. The molecule has 1 aliphatic rings. The number of hydrogen-bond donors (Lipinski definition) is 4. The van der Waals surface area contributed by atoms with Crippen LogP contribution in [-0.4, -0.2) is 38.2 Å². The maximum atomic E-state index is 10.7. The van der Waals surface area contributed by atoms with Crippen molar-refractivity contribution in [1.82, 2.24) is 0 Å². The van der Waals surface area contributed by atoms with Gasteiger partial charge in [-0.25, -0.2) is 0 Å². The molecule has 4 N–H and O–H groups in total. The highest BCUT2D eigenvalue weighted by Crippen LogP contribution is 2.44. The number of allylic oxidation sites excluding steroid dienone is 4. The molecule has 0 amide bonds. The van der Waals surface area contributed by atoms with Gasteiger partial charge >= 0.3 is 0 Å². The van der Waals surface area contributed by atoms with Crippen molar-refractivity contribution >= 4 is 39.7 Å². The number of nitrogens with one attached hydrogen (secondary N) is 1. The van der Waals surface area contributed by atoms with Crippen LogP contribution in [0.2, 0.25) is 0 Å². The van der Waals surface area contributed by atoms with Crippen molar-refractivity contribution in [2.75, 3.05) is 16.5 Å². The van der Waals surface area contributed by atoms with E-state index < -0.39 is 5.41 Å². The number of anilines is 1. The van der Waals surface area contributed by atoms with Gasteiger partial charge in [0.25, 0.3) is 0 Å². The Labute approximate surface area is 211 Å². The van der Waals surface area contributed by atoms with Crippen molar-refractivity contribution < 1.29 is 15.3 Å². The Hall–Kier alpha value is -3.59. The van der Waals surface area contributed by atoms with Crippen LogP contribution in [0, 0.1) is 5.41 Å². The van der Waals surface area contributed by atoms with Crippen LogP contribution in [0.4, 0.5) is 5.69 Å². The molecule has 0 bridgehead atoms. The first kappa shape index (κ1) is 23.6. The van der Waals surface area contributed by atoms with E-state index in [9.17, 15) is 15.3 Å². The monoisotopic (exact) mass is 565 g/mol. The minimum atomic E-state index is -0.626. The summed E-state index contributed by atoms with van der Waals surface area (Å²) in [6.45, 7) is 0. The van der Waals surface area contributed by atoms with Gasteiger partial charge in [-0.2, -0.15) is 5.10 Å². The van der Waals surface area contributed by atoms with Gasteiger partial charge in [-0.05, 0) is 65.2 Å². The fourth-order valence-corrected chi connectivity index (χ4v) is 5.37. The molecule has 0 fully saturated rings. The molecule has 0 heterocycles. The van der Waals surface area contributed by atoms with Crippen LogP contribution in [0.1, 0.15) is 16.7 Å². The fraction of sp³-hybridized carbons (Fsp3) is 0.111. The highest BCUT2D eigenvalue weighted by Gasteiger charge is 2.36. The average molecular weight is 565 g/mol. The van der Waals surface area contributed by atoms with E-state index in [2.05, 4.69) is 27.7 Å². The molecule has 3 aromatic rings. The maximum Gasteiger partial charge on any atom is 0.140 e. The summed E-state index contributed by atoms with van der Waals surface area (Å²) < 4.78 is 0.654. The molecule has 0 aliphatic heterocycles. The van der Waals surface area contributed by atoms with E-state index in [0.29, 0.717) is 21.5 Å². The Morgan fingerprint density at radius 2 is 1.35 bits per heavy atom. The van der Waals surface area contributed by atoms with E-state index >= 15 is 0 Å². The van der Waals surface area contributed by atoms with E-state index in [-0.39, 0.29) is 17.2 Å². The summed E-state index contributed by atoms with van der Waals surface area (Å²) in [5.74, 6) is 0.419. The van der Waals surface area contributed by atoms with Crippen molar-refractivity contribution in [1.29, 1.82) is 5.41 Å². The van der Waals surface area contributed by atoms with Gasteiger partial charge in [-0.15, -0.1) is 0 Å². The van der Waals surface area contributed by atoms with Crippen molar-refractivity contribution in [2.45, 2.75) is 5.41 Å². The van der Waals surface area contributed by atoms with Gasteiger partial charge in [0.05, 0.1) is 11.1 Å². The van der Waals surface area contributed by atoms with Crippen LogP contribution < -0.4 is 5.01 Å². The van der Waals surface area contributed by atoms with E-state index in [1.54, 1.807) is 60.6 Å². The highest BCUT2D eigenvalue weighted by molar-refractivity contribution is 14.1. The van der Waals surface area contributed by atoms with Gasteiger partial charge in [0.2, 0.25) is 0 Å². The van der Waals surface area contributed by atoms with Crippen LogP contribution in [-0.2, 0) is 5.41 Å². The lowest BCUT2D eigenvalue weighted by Crippen LogP contribution is -2.31. The Morgan fingerprint density at radius 3 is 1.88 bits per heavy atom. The Morgan fingerprint density at radius 1 is 0.824 bits per heavy atom. The van der Waals surface area contributed by atoms with E-state index in [4.69, 9.17) is 5.41 Å². The number of halogens is 1. The number of aromatic hydroxyl groups is 3. The zero-order chi connectivity index (χ0) is 24.3. The molecule has 4 rings (SSSR count). The predicted molar refractivity (Wildman–Crippen MR) is 145 cm³/mol. The largest absolute Gasteiger partial charge is 0.508 e. The summed E-state index contributed by atoms with van der Waals surface area (Å²) in [6.07, 6.45) is 7.02. The van der Waals surface area contributed by atoms with Crippen molar-refractivity contribution in [3.05, 3.63) is 108 Å². The summed E-state index contributed by atoms with van der Waals surface area (Å²) in [4.78, 5) is 0. The van der Waals surface area contributed by atoms with Gasteiger partial charge in [-0.1, -0.05) is 65.1 Å². The lowest BCUT2D eigenvalue weighted by atomic mass is 9.71. The van der Waals surface area contributed by atoms with Gasteiger partial charge in [0.1, 0.15) is 28.6 Å². The smallest absolute Gasteiger partial charge is 0.140 e. The predicted octanol–water partition coefficient (Wildman–Crippen LogP) is 5.51. The Balaban J connectivity index is 1.89. The molecule has 0 saturated heterocycles. The normalized spacial score (nSPS) is 14.5. The molecule has 0 aromatic heterocycles. The second-order valence-corrected chi connectivity index (χ2v) is 8.74. The third kappa shape index (κ3) is 4.43. The van der Waals surface area contributed by atoms with E-state index in [0.717, 1.165) is 16.7 Å². The molecule has 6 nitrogen and oxygen atoms in total. The fourth-order valence-electron chi connectivity index (χ4n) is 4.05. The van der Waals surface area contributed by atoms with Crippen molar-refractivity contribution in [2.24, 2.45) is 5.10 Å². The first-order valence-corrected chi connectivity index (χ1v) is 12.1. The molecule has 0 saturated carbocycles. The van der Waals surface area contributed by atoms with Crippen LogP contribution in [0.15, 0.2) is 96.1 Å². The molecule has 1 aliphatic carbocycles. The first-order chi connectivity index (χ1) is 16.3. The molecular formula is C27H24IN3O3. The minimum absolute atomic E-state index is 0.0660. The average Bonchev–Trinajstić information content (AvgIpc) is 2.84. The van der Waals surface area contributed by atoms with Crippen molar-refractivity contribution in [3.8, 4) is 17.2 Å². The number of hydrogen-bond acceptors (Lipinski definition) is 6. The summed E-state index contributed by atoms with van der Waals surface area (Å²) in [7, 11) is 1.73. The Kier molecular flexibility index (Phi) is 6.74. The second-order valence-electron chi connectivity index (χ2n) is 7.98. The molecule has 7 heteroatoms. The van der Waals surface area contributed by atoms with E-state index in [1.165, 1.54) is 0 Å². The second kappa shape index (κ2) is 9.72. The number of rotatable bonds is 6. The number of phenolic OH excluding ortho intramolecular Hbond substituents is 3. The molecule has 0 spiro atoms. The standard InChI is InChI=1S/C27H24IN3O3/c1-31(30-24-5-3-2-4-23(24)29)25-16-20(10-15-26(25)34)27(17-28,18-6-11-21(32)12-7-18)19-8-13-22(33)14-9-19/h2-16,29,32-34H,17H2,1H3/b29-23?,30-24-. The van der Waals surface area contributed by atoms with Crippen LogP contribution in [0.3, 0.4) is 0 Å². The van der Waals surface area contributed by atoms with Crippen molar-refractivity contribution in [3.63, 3.8) is 0 Å². The topological polar surface area (TPSA) is 100 Å². The molecule has 34 heavy (non-hydrogen) atoms.